The quantitative estimate of drug-likeness (QED) is 0.526. The Balaban J connectivity index is 3.98. The summed E-state index contributed by atoms with van der Waals surface area (Å²) in [5.41, 5.74) is 1.43. The van der Waals surface area contributed by atoms with E-state index in [2.05, 4.69) is 50.4 Å². The van der Waals surface area contributed by atoms with Crippen molar-refractivity contribution in [1.82, 2.24) is 0 Å². The van der Waals surface area contributed by atoms with Gasteiger partial charge in [0.05, 0.1) is 0 Å². The lowest BCUT2D eigenvalue weighted by Crippen LogP contribution is -2.42. The molecular formula is C2H3O3Si4. The predicted octanol–water partition coefficient (Wildman–Crippen LogP) is -1.05. The summed E-state index contributed by atoms with van der Waals surface area (Å²) >= 11 is 0. The van der Waals surface area contributed by atoms with Gasteiger partial charge in [-0.05, 0) is 5.70 Å². The first-order valence-corrected chi connectivity index (χ1v) is 4.95. The molecule has 0 amide bonds. The smallest absolute Gasteiger partial charge is 0.413 e. The standard InChI is InChI=1S/C2H3O3Si4/c1-2-9(3-6,4-7)5-8/h2H,1H2. The van der Waals surface area contributed by atoms with Crippen molar-refractivity contribution in [2.45, 2.75) is 0 Å². The molecule has 0 bridgehead atoms. The largest absolute Gasteiger partial charge is 0.496 e. The number of rotatable bonds is 4. The Kier molecular flexibility index (Phi) is 4.56. The Bertz CT molecular complexity index is 83.5. The van der Waals surface area contributed by atoms with Crippen LogP contribution in [0.5, 0.6) is 0 Å². The van der Waals surface area contributed by atoms with E-state index in [1.807, 2.05) is 0 Å². The highest BCUT2D eigenvalue weighted by atomic mass is 28.5. The molecule has 0 atom stereocenters. The van der Waals surface area contributed by atoms with Crippen molar-refractivity contribution in [3.63, 3.8) is 0 Å². The monoisotopic (exact) mass is 187 g/mol. The highest BCUT2D eigenvalue weighted by molar-refractivity contribution is 6.73. The summed E-state index contributed by atoms with van der Waals surface area (Å²) in [6.07, 6.45) is 0. The van der Waals surface area contributed by atoms with Crippen molar-refractivity contribution in [3.8, 4) is 0 Å². The van der Waals surface area contributed by atoms with Crippen LogP contribution in [0.1, 0.15) is 0 Å². The van der Waals surface area contributed by atoms with Crippen LogP contribution in [0.3, 0.4) is 0 Å². The fourth-order valence-electron chi connectivity index (χ4n) is 0.188. The molecule has 0 aliphatic carbocycles. The molecule has 0 N–H and O–H groups in total. The summed E-state index contributed by atoms with van der Waals surface area (Å²) in [5, 5.41) is 0. The topological polar surface area (TPSA) is 27.7 Å². The van der Waals surface area contributed by atoms with Gasteiger partial charge in [0.2, 0.25) is 31.5 Å². The van der Waals surface area contributed by atoms with Gasteiger partial charge < -0.3 is 12.3 Å². The molecule has 45 valence electrons. The van der Waals surface area contributed by atoms with Gasteiger partial charge in [0.1, 0.15) is 0 Å². The van der Waals surface area contributed by atoms with Gasteiger partial charge in [-0.3, -0.25) is 0 Å². The summed E-state index contributed by atoms with van der Waals surface area (Å²) in [4.78, 5) is 0. The first-order chi connectivity index (χ1) is 4.24. The zero-order chi connectivity index (χ0) is 7.33. The van der Waals surface area contributed by atoms with E-state index in [1.165, 1.54) is 5.70 Å². The van der Waals surface area contributed by atoms with Crippen LogP contribution in [0, 0.1) is 0 Å². The third-order valence-corrected chi connectivity index (χ3v) is 4.59. The van der Waals surface area contributed by atoms with Crippen LogP contribution < -0.4 is 0 Å². The maximum atomic E-state index is 4.67. The molecule has 0 heterocycles. The molecule has 3 nitrogen and oxygen atoms in total. The van der Waals surface area contributed by atoms with Crippen LogP contribution in [-0.4, -0.2) is 40.3 Å². The molecule has 0 aromatic rings. The van der Waals surface area contributed by atoms with Crippen molar-refractivity contribution >= 4 is 40.3 Å². The normalized spacial score (nSPS) is 11.4. The van der Waals surface area contributed by atoms with E-state index < -0.39 is 8.80 Å². The minimum absolute atomic E-state index is 1.43. The number of hydrogen-bond donors (Lipinski definition) is 0. The zero-order valence-corrected chi connectivity index (χ0v) is 8.51. The molecule has 0 rings (SSSR count). The Morgan fingerprint density at radius 1 is 1.11 bits per heavy atom. The second-order valence-electron chi connectivity index (χ2n) is 1.11. The van der Waals surface area contributed by atoms with Gasteiger partial charge in [-0.25, -0.2) is 0 Å². The minimum Gasteiger partial charge on any atom is -0.413 e. The third kappa shape index (κ3) is 2.29. The number of hydrogen-bond acceptors (Lipinski definition) is 3. The van der Waals surface area contributed by atoms with E-state index in [4.69, 9.17) is 0 Å². The zero-order valence-electron chi connectivity index (χ0n) is 4.51. The maximum Gasteiger partial charge on any atom is 0.496 e. The molecule has 0 saturated heterocycles. The maximum absolute atomic E-state index is 4.67. The summed E-state index contributed by atoms with van der Waals surface area (Å²) in [6.45, 7) is 3.44. The lowest BCUT2D eigenvalue weighted by molar-refractivity contribution is 0.316. The highest BCUT2D eigenvalue weighted by Gasteiger charge is 2.31. The third-order valence-electron chi connectivity index (χ3n) is 0.677. The Morgan fingerprint density at radius 3 is 1.44 bits per heavy atom. The molecule has 0 aliphatic heterocycles. The van der Waals surface area contributed by atoms with Gasteiger partial charge in [0.25, 0.3) is 0 Å². The molecule has 0 fully saturated rings. The second kappa shape index (κ2) is 4.33. The van der Waals surface area contributed by atoms with E-state index in [0.717, 1.165) is 0 Å². The van der Waals surface area contributed by atoms with Crippen LogP contribution in [0.15, 0.2) is 12.3 Å². The van der Waals surface area contributed by atoms with Gasteiger partial charge >= 0.3 is 8.80 Å². The van der Waals surface area contributed by atoms with E-state index >= 15 is 0 Å². The average Bonchev–Trinajstić information content (AvgIpc) is 1.95. The van der Waals surface area contributed by atoms with Crippen molar-refractivity contribution in [2.24, 2.45) is 0 Å². The van der Waals surface area contributed by atoms with E-state index in [1.54, 1.807) is 0 Å². The van der Waals surface area contributed by atoms with Crippen LogP contribution in [0.25, 0.3) is 0 Å². The Morgan fingerprint density at radius 2 is 1.44 bits per heavy atom. The Hall–Kier alpha value is 0.488. The lowest BCUT2D eigenvalue weighted by atomic mass is 11.3. The SMILES string of the molecule is C=C[Si](O[Si])(O[Si])O[Si]. The minimum atomic E-state index is -2.69. The van der Waals surface area contributed by atoms with Gasteiger partial charge in [-0.2, -0.15) is 0 Å². The van der Waals surface area contributed by atoms with E-state index in [-0.39, 0.29) is 0 Å². The van der Waals surface area contributed by atoms with E-state index in [9.17, 15) is 0 Å². The van der Waals surface area contributed by atoms with Crippen LogP contribution in [0.2, 0.25) is 0 Å². The second-order valence-corrected chi connectivity index (χ2v) is 5.18. The van der Waals surface area contributed by atoms with Gasteiger partial charge in [-0.1, -0.05) is 0 Å². The van der Waals surface area contributed by atoms with Crippen LogP contribution in [0.4, 0.5) is 0 Å². The molecule has 0 saturated carbocycles. The average molecular weight is 187 g/mol. The van der Waals surface area contributed by atoms with E-state index in [0.29, 0.717) is 0 Å². The summed E-state index contributed by atoms with van der Waals surface area (Å²) < 4.78 is 14.0. The van der Waals surface area contributed by atoms with Crippen LogP contribution >= 0.6 is 0 Å². The molecule has 9 heavy (non-hydrogen) atoms. The fraction of sp³-hybridized carbons (Fsp3) is 0. The molecule has 0 aromatic heterocycles. The molecular weight excluding hydrogens is 184 g/mol. The molecule has 7 heteroatoms. The highest BCUT2D eigenvalue weighted by Crippen LogP contribution is 2.03. The first-order valence-electron chi connectivity index (χ1n) is 1.92. The van der Waals surface area contributed by atoms with Crippen molar-refractivity contribution < 1.29 is 12.3 Å². The fourth-order valence-corrected chi connectivity index (χ4v) is 2.81. The molecule has 0 aliphatic rings. The molecule has 9 radical (unpaired) electrons. The summed E-state index contributed by atoms with van der Waals surface area (Å²) in [6, 6.07) is 0. The van der Waals surface area contributed by atoms with Gasteiger partial charge in [0, 0.05) is 0 Å². The van der Waals surface area contributed by atoms with Gasteiger partial charge in [0.15, 0.2) is 0 Å². The molecule has 0 aromatic carbocycles. The molecule has 0 spiro atoms. The summed E-state index contributed by atoms with van der Waals surface area (Å²) in [5.74, 6) is 0. The van der Waals surface area contributed by atoms with Crippen molar-refractivity contribution in [3.05, 3.63) is 12.3 Å². The lowest BCUT2D eigenvalue weighted by Gasteiger charge is -2.20. The van der Waals surface area contributed by atoms with Crippen molar-refractivity contribution in [1.29, 1.82) is 0 Å². The van der Waals surface area contributed by atoms with Gasteiger partial charge in [-0.15, -0.1) is 6.58 Å². The summed E-state index contributed by atoms with van der Waals surface area (Å²) in [7, 11) is 5.65. The van der Waals surface area contributed by atoms with Crippen molar-refractivity contribution in [2.75, 3.05) is 0 Å². The molecule has 0 unspecified atom stereocenters. The van der Waals surface area contributed by atoms with Crippen LogP contribution in [-0.2, 0) is 12.3 Å². The first kappa shape index (κ1) is 9.49. The Labute approximate surface area is 65.4 Å². The predicted molar refractivity (Wildman–Crippen MR) is 36.5 cm³/mol.